The van der Waals surface area contributed by atoms with Crippen LogP contribution >= 0.6 is 11.3 Å². The highest BCUT2D eigenvalue weighted by atomic mass is 32.1. The lowest BCUT2D eigenvalue weighted by Crippen LogP contribution is -2.37. The van der Waals surface area contributed by atoms with E-state index in [0.29, 0.717) is 12.3 Å². The fourth-order valence-corrected chi connectivity index (χ4v) is 1.88. The highest BCUT2D eigenvalue weighted by Gasteiger charge is 2.15. The van der Waals surface area contributed by atoms with E-state index in [1.54, 1.807) is 18.3 Å². The Kier molecular flexibility index (Phi) is 2.36. The van der Waals surface area contributed by atoms with Gasteiger partial charge in [0.15, 0.2) is 0 Å². The van der Waals surface area contributed by atoms with Crippen LogP contribution in [0, 0.1) is 5.41 Å². The van der Waals surface area contributed by atoms with Crippen LogP contribution in [0.25, 0.3) is 0 Å². The van der Waals surface area contributed by atoms with Gasteiger partial charge in [0, 0.05) is 0 Å². The van der Waals surface area contributed by atoms with E-state index in [4.69, 9.17) is 11.1 Å². The second-order valence-electron chi connectivity index (χ2n) is 2.40. The van der Waals surface area contributed by atoms with Crippen molar-refractivity contribution in [3.05, 3.63) is 16.1 Å². The number of hydrogen-bond acceptors (Lipinski definition) is 3. The van der Waals surface area contributed by atoms with Crippen LogP contribution in [-0.2, 0) is 13.6 Å². The van der Waals surface area contributed by atoms with E-state index in [1.807, 2.05) is 17.0 Å². The Morgan fingerprint density at radius 2 is 2.45 bits per heavy atom. The standard InChI is InChI=1S/C7H12N3S/c1-5(9)6-4-11-7(3-8)10(6)2/h4,9H,3,8H2,1-2H3/q+1. The first-order valence-corrected chi connectivity index (χ1v) is 4.26. The summed E-state index contributed by atoms with van der Waals surface area (Å²) in [5, 5.41) is 10.5. The molecule has 3 N–H and O–H groups in total. The summed E-state index contributed by atoms with van der Waals surface area (Å²) in [7, 11) is 1.94. The van der Waals surface area contributed by atoms with Crippen LogP contribution in [0.15, 0.2) is 5.38 Å². The quantitative estimate of drug-likeness (QED) is 0.490. The Bertz CT molecular complexity index is 277. The van der Waals surface area contributed by atoms with Gasteiger partial charge in [-0.3, -0.25) is 5.41 Å². The minimum absolute atomic E-state index is 0.550. The molecule has 0 atom stereocenters. The highest BCUT2D eigenvalue weighted by molar-refractivity contribution is 7.09. The van der Waals surface area contributed by atoms with E-state index in [2.05, 4.69) is 0 Å². The summed E-state index contributed by atoms with van der Waals surface area (Å²) in [6.45, 7) is 2.33. The van der Waals surface area contributed by atoms with Crippen LogP contribution in [0.5, 0.6) is 0 Å². The number of thiazole rings is 1. The second kappa shape index (κ2) is 3.11. The van der Waals surface area contributed by atoms with E-state index in [1.165, 1.54) is 0 Å². The molecule has 0 aliphatic rings. The molecule has 1 aromatic heterocycles. The molecule has 0 radical (unpaired) electrons. The molecular weight excluding hydrogens is 158 g/mol. The maximum atomic E-state index is 7.41. The van der Waals surface area contributed by atoms with Crippen molar-refractivity contribution in [1.29, 1.82) is 5.41 Å². The molecule has 0 aromatic carbocycles. The summed E-state index contributed by atoms with van der Waals surface area (Å²) in [4.78, 5) is 0. The Labute approximate surface area is 70.0 Å². The van der Waals surface area contributed by atoms with Gasteiger partial charge in [0.2, 0.25) is 5.69 Å². The fourth-order valence-electron chi connectivity index (χ4n) is 0.941. The minimum atomic E-state index is 0.550. The molecule has 0 saturated carbocycles. The van der Waals surface area contributed by atoms with Gasteiger partial charge < -0.3 is 5.73 Å². The third-order valence-electron chi connectivity index (χ3n) is 1.60. The van der Waals surface area contributed by atoms with Gasteiger partial charge in [0.05, 0.1) is 11.9 Å². The Morgan fingerprint density at radius 3 is 2.73 bits per heavy atom. The van der Waals surface area contributed by atoms with Crippen LogP contribution in [0.3, 0.4) is 0 Å². The molecule has 0 unspecified atom stereocenters. The molecule has 1 heterocycles. The zero-order chi connectivity index (χ0) is 8.43. The normalized spacial score (nSPS) is 10.1. The molecule has 3 nitrogen and oxygen atoms in total. The van der Waals surface area contributed by atoms with Crippen molar-refractivity contribution >= 4 is 17.0 Å². The van der Waals surface area contributed by atoms with Crippen LogP contribution in [0.2, 0.25) is 0 Å². The minimum Gasteiger partial charge on any atom is -0.321 e. The van der Waals surface area contributed by atoms with Gasteiger partial charge in [-0.2, -0.15) is 4.57 Å². The molecule has 11 heavy (non-hydrogen) atoms. The summed E-state index contributed by atoms with van der Waals surface area (Å²) in [5.74, 6) is 0. The van der Waals surface area contributed by atoms with Crippen LogP contribution < -0.4 is 10.3 Å². The summed E-state index contributed by atoms with van der Waals surface area (Å²) >= 11 is 1.60. The largest absolute Gasteiger partial charge is 0.321 e. The van der Waals surface area contributed by atoms with Crippen LogP contribution in [0.4, 0.5) is 0 Å². The predicted molar refractivity (Wildman–Crippen MR) is 45.9 cm³/mol. The molecular formula is C7H12N3S+. The smallest absolute Gasteiger partial charge is 0.251 e. The zero-order valence-electron chi connectivity index (χ0n) is 6.72. The van der Waals surface area contributed by atoms with E-state index in [0.717, 1.165) is 10.7 Å². The van der Waals surface area contributed by atoms with Gasteiger partial charge in [-0.05, 0) is 6.92 Å². The summed E-state index contributed by atoms with van der Waals surface area (Å²) in [6, 6.07) is 0. The van der Waals surface area contributed by atoms with Gasteiger partial charge in [0.1, 0.15) is 12.8 Å². The summed E-state index contributed by atoms with van der Waals surface area (Å²) in [6.07, 6.45) is 0. The summed E-state index contributed by atoms with van der Waals surface area (Å²) in [5.41, 5.74) is 7.02. The molecule has 0 fully saturated rings. The van der Waals surface area contributed by atoms with Crippen molar-refractivity contribution in [2.75, 3.05) is 0 Å². The van der Waals surface area contributed by atoms with Crippen LogP contribution in [0.1, 0.15) is 17.6 Å². The third kappa shape index (κ3) is 1.46. The Balaban J connectivity index is 3.10. The van der Waals surface area contributed by atoms with Crippen molar-refractivity contribution in [2.45, 2.75) is 13.5 Å². The molecule has 60 valence electrons. The molecule has 0 amide bonds. The zero-order valence-corrected chi connectivity index (χ0v) is 7.53. The van der Waals surface area contributed by atoms with Crippen molar-refractivity contribution in [3.8, 4) is 0 Å². The maximum Gasteiger partial charge on any atom is 0.251 e. The number of nitrogens with two attached hydrogens (primary N) is 1. The average molecular weight is 170 g/mol. The molecule has 0 bridgehead atoms. The van der Waals surface area contributed by atoms with Gasteiger partial charge in [-0.25, -0.2) is 0 Å². The first-order chi connectivity index (χ1) is 5.16. The van der Waals surface area contributed by atoms with E-state index >= 15 is 0 Å². The number of aromatic nitrogens is 1. The lowest BCUT2D eigenvalue weighted by atomic mass is 10.3. The van der Waals surface area contributed by atoms with Gasteiger partial charge in [-0.15, -0.1) is 0 Å². The monoisotopic (exact) mass is 170 g/mol. The molecule has 0 saturated heterocycles. The van der Waals surface area contributed by atoms with E-state index in [-0.39, 0.29) is 0 Å². The topological polar surface area (TPSA) is 53.8 Å². The van der Waals surface area contributed by atoms with Crippen molar-refractivity contribution in [1.82, 2.24) is 0 Å². The number of hydrogen-bond donors (Lipinski definition) is 2. The van der Waals surface area contributed by atoms with Gasteiger partial charge in [0.25, 0.3) is 5.01 Å². The summed E-state index contributed by atoms with van der Waals surface area (Å²) < 4.78 is 1.97. The van der Waals surface area contributed by atoms with Crippen molar-refractivity contribution < 1.29 is 4.57 Å². The van der Waals surface area contributed by atoms with Crippen molar-refractivity contribution in [2.24, 2.45) is 12.8 Å². The molecule has 1 rings (SSSR count). The molecule has 1 aromatic rings. The first-order valence-electron chi connectivity index (χ1n) is 3.38. The maximum absolute atomic E-state index is 7.41. The molecule has 0 aliphatic heterocycles. The molecule has 0 aliphatic carbocycles. The highest BCUT2D eigenvalue weighted by Crippen LogP contribution is 2.05. The number of nitrogens with zero attached hydrogens (tertiary/aromatic N) is 1. The van der Waals surface area contributed by atoms with E-state index in [9.17, 15) is 0 Å². The van der Waals surface area contributed by atoms with Crippen LogP contribution in [-0.4, -0.2) is 5.71 Å². The lowest BCUT2D eigenvalue weighted by Gasteiger charge is -1.90. The third-order valence-corrected chi connectivity index (χ3v) is 2.65. The average Bonchev–Trinajstić information content (AvgIpc) is 2.30. The Morgan fingerprint density at radius 1 is 1.82 bits per heavy atom. The second-order valence-corrected chi connectivity index (χ2v) is 3.35. The molecule has 4 heteroatoms. The SMILES string of the molecule is CC(=N)c1csc(CN)[n+]1C. The fraction of sp³-hybridized carbons (Fsp3) is 0.429. The van der Waals surface area contributed by atoms with E-state index < -0.39 is 0 Å². The number of rotatable bonds is 2. The Hall–Kier alpha value is -0.740. The van der Waals surface area contributed by atoms with Gasteiger partial charge >= 0.3 is 0 Å². The predicted octanol–water partition coefficient (Wildman–Crippen LogP) is 0.419. The molecule has 0 spiro atoms. The van der Waals surface area contributed by atoms with Gasteiger partial charge in [-0.1, -0.05) is 11.3 Å². The lowest BCUT2D eigenvalue weighted by molar-refractivity contribution is -0.675. The van der Waals surface area contributed by atoms with Crippen molar-refractivity contribution in [3.63, 3.8) is 0 Å². The first kappa shape index (κ1) is 8.36. The number of nitrogens with one attached hydrogen (secondary N) is 1.